The molecule has 0 bridgehead atoms. The van der Waals surface area contributed by atoms with Gasteiger partial charge in [0.25, 0.3) is 0 Å². The number of hydrogen-bond acceptors (Lipinski definition) is 1. The van der Waals surface area contributed by atoms with Crippen molar-refractivity contribution in [2.45, 2.75) is 88.5 Å². The maximum absolute atomic E-state index is 7.11. The van der Waals surface area contributed by atoms with E-state index in [-0.39, 0.29) is 5.41 Å². The zero-order valence-electron chi connectivity index (χ0n) is 20.5. The molecule has 1 aliphatic rings. The van der Waals surface area contributed by atoms with Gasteiger partial charge in [-0.3, -0.25) is 0 Å². The Hall–Kier alpha value is -0.699. The van der Waals surface area contributed by atoms with Gasteiger partial charge in [0.15, 0.2) is 0 Å². The molecule has 0 amide bonds. The summed E-state index contributed by atoms with van der Waals surface area (Å²) in [5.41, 5.74) is 10.4. The van der Waals surface area contributed by atoms with Gasteiger partial charge in [-0.05, 0) is 0 Å². The molecule has 1 aromatic rings. The summed E-state index contributed by atoms with van der Waals surface area (Å²) in [5, 5.41) is 1.48. The van der Waals surface area contributed by atoms with E-state index in [1.54, 1.807) is 3.88 Å². The van der Waals surface area contributed by atoms with Crippen LogP contribution in [0.15, 0.2) is 20.6 Å². The molecular formula is C25H40OSiTi. The Morgan fingerprint density at radius 3 is 1.82 bits per heavy atom. The summed E-state index contributed by atoms with van der Waals surface area (Å²) in [6.07, 6.45) is 0. The van der Waals surface area contributed by atoms with Crippen LogP contribution in [0.5, 0.6) is 5.75 Å². The molecule has 1 atom stereocenters. The molecule has 1 unspecified atom stereocenters. The van der Waals surface area contributed by atoms with Gasteiger partial charge in [-0.2, -0.15) is 0 Å². The van der Waals surface area contributed by atoms with E-state index in [1.807, 2.05) is 0 Å². The average molecular weight is 433 g/mol. The van der Waals surface area contributed by atoms with Crippen molar-refractivity contribution in [1.82, 2.24) is 0 Å². The fourth-order valence-electron chi connectivity index (χ4n) is 4.85. The van der Waals surface area contributed by atoms with E-state index in [4.69, 9.17) is 3.32 Å². The van der Waals surface area contributed by atoms with E-state index in [0.717, 1.165) is 10.2 Å². The third-order valence-corrected chi connectivity index (χ3v) is 11.9. The van der Waals surface area contributed by atoms with Gasteiger partial charge in [0.2, 0.25) is 0 Å². The van der Waals surface area contributed by atoms with Crippen LogP contribution >= 0.6 is 0 Å². The molecule has 1 aromatic carbocycles. The SMILES string of the molecule is CC1=C(C)C(C)[C]([Ti]([O]c2c(C)c(C)c(C)c(C(C)(C)C)c2[SiH3])=[C](C)C)=C1C. The summed E-state index contributed by atoms with van der Waals surface area (Å²) in [6, 6.07) is 0. The first-order valence-corrected chi connectivity index (χ1v) is 13.8. The molecule has 0 radical (unpaired) electrons. The topological polar surface area (TPSA) is 9.23 Å². The molecule has 0 fully saturated rings. The minimum atomic E-state index is -2.01. The Kier molecular flexibility index (Phi) is 6.91. The summed E-state index contributed by atoms with van der Waals surface area (Å²) in [4.78, 5) is 0. The second kappa shape index (κ2) is 8.20. The molecular weight excluding hydrogens is 392 g/mol. The van der Waals surface area contributed by atoms with E-state index in [2.05, 4.69) is 83.1 Å². The van der Waals surface area contributed by atoms with Crippen molar-refractivity contribution in [3.8, 4) is 5.75 Å². The first kappa shape index (κ1) is 23.6. The molecule has 28 heavy (non-hydrogen) atoms. The van der Waals surface area contributed by atoms with Gasteiger partial charge in [-0.15, -0.1) is 0 Å². The molecule has 0 aliphatic heterocycles. The summed E-state index contributed by atoms with van der Waals surface area (Å²) in [6.45, 7) is 27.7. The molecule has 3 heteroatoms. The van der Waals surface area contributed by atoms with Crippen molar-refractivity contribution in [1.29, 1.82) is 0 Å². The molecule has 1 nitrogen and oxygen atoms in total. The van der Waals surface area contributed by atoms with Gasteiger partial charge in [0.1, 0.15) is 0 Å². The van der Waals surface area contributed by atoms with Crippen LogP contribution in [0.3, 0.4) is 0 Å². The monoisotopic (exact) mass is 432 g/mol. The zero-order chi connectivity index (χ0) is 21.7. The van der Waals surface area contributed by atoms with Crippen LogP contribution in [-0.4, -0.2) is 14.1 Å². The summed E-state index contributed by atoms with van der Waals surface area (Å²) >= 11 is -2.01. The third kappa shape index (κ3) is 3.98. The Bertz CT molecular complexity index is 919. The first-order valence-electron chi connectivity index (χ1n) is 10.6. The third-order valence-electron chi connectivity index (χ3n) is 6.85. The quantitative estimate of drug-likeness (QED) is 0.590. The van der Waals surface area contributed by atoms with Gasteiger partial charge in [0, 0.05) is 0 Å². The normalized spacial score (nSPS) is 17.6. The molecule has 0 saturated heterocycles. The van der Waals surface area contributed by atoms with Crippen molar-refractivity contribution in [3.05, 3.63) is 42.9 Å². The average Bonchev–Trinajstić information content (AvgIpc) is 2.76. The van der Waals surface area contributed by atoms with E-state index in [0.29, 0.717) is 5.92 Å². The number of hydrogen-bond donors (Lipinski definition) is 0. The Morgan fingerprint density at radius 1 is 0.893 bits per heavy atom. The van der Waals surface area contributed by atoms with Crippen LogP contribution < -0.4 is 8.51 Å². The van der Waals surface area contributed by atoms with Gasteiger partial charge in [0.05, 0.1) is 0 Å². The molecule has 0 saturated carbocycles. The van der Waals surface area contributed by atoms with Gasteiger partial charge >= 0.3 is 183 Å². The summed E-state index contributed by atoms with van der Waals surface area (Å²) < 4.78 is 10.2. The number of allylic oxidation sites excluding steroid dienone is 4. The molecule has 1 aliphatic carbocycles. The van der Waals surface area contributed by atoms with Crippen molar-refractivity contribution < 1.29 is 21.1 Å². The fourth-order valence-corrected chi connectivity index (χ4v) is 10.7. The van der Waals surface area contributed by atoms with Crippen LogP contribution in [0.4, 0.5) is 0 Å². The van der Waals surface area contributed by atoms with Crippen LogP contribution in [0.1, 0.15) is 84.6 Å². The van der Waals surface area contributed by atoms with Crippen molar-refractivity contribution >= 4 is 19.2 Å². The standard InChI is InChI=1S/C13H22OSi.C9H13.C3H6.Ti/c1-7-8(2)10(13(4,5)6)12(15)11(14)9(7)3;1-6-5-7(2)9(4)8(6)3;1-3-2;/h14H,1-6,15H3;6H,1-4H3;1-2H3;/q;;;+1/p-1. The Labute approximate surface area is 182 Å². The first-order chi connectivity index (χ1) is 12.7. The van der Waals surface area contributed by atoms with Crippen molar-refractivity contribution in [2.24, 2.45) is 5.92 Å². The van der Waals surface area contributed by atoms with E-state index in [1.165, 1.54) is 53.7 Å². The predicted molar refractivity (Wildman–Crippen MR) is 126 cm³/mol. The van der Waals surface area contributed by atoms with Gasteiger partial charge in [-0.1, -0.05) is 0 Å². The fraction of sp³-hybridized carbons (Fsp3) is 0.560. The second-order valence-electron chi connectivity index (χ2n) is 9.95. The van der Waals surface area contributed by atoms with Crippen molar-refractivity contribution in [2.75, 3.05) is 0 Å². The molecule has 0 N–H and O–H groups in total. The maximum atomic E-state index is 7.11. The second-order valence-corrected chi connectivity index (χ2v) is 14.7. The molecule has 0 aromatic heterocycles. The van der Waals surface area contributed by atoms with Crippen LogP contribution in [-0.2, 0) is 23.2 Å². The van der Waals surface area contributed by atoms with Gasteiger partial charge < -0.3 is 0 Å². The molecule has 0 heterocycles. The van der Waals surface area contributed by atoms with Crippen LogP contribution in [0, 0.1) is 26.7 Å². The molecule has 0 spiro atoms. The van der Waals surface area contributed by atoms with E-state index < -0.39 is 17.8 Å². The number of rotatable bonds is 3. The predicted octanol–water partition coefficient (Wildman–Crippen LogP) is 5.28. The Morgan fingerprint density at radius 2 is 1.43 bits per heavy atom. The molecule has 154 valence electrons. The zero-order valence-corrected chi connectivity index (χ0v) is 24.0. The molecule has 2 rings (SSSR count). The number of benzene rings is 1. The van der Waals surface area contributed by atoms with E-state index >= 15 is 0 Å². The van der Waals surface area contributed by atoms with Crippen LogP contribution in [0.2, 0.25) is 0 Å². The van der Waals surface area contributed by atoms with Crippen molar-refractivity contribution in [3.63, 3.8) is 0 Å². The van der Waals surface area contributed by atoms with E-state index in [9.17, 15) is 0 Å². The Balaban J connectivity index is 2.71. The van der Waals surface area contributed by atoms with Gasteiger partial charge in [-0.25, -0.2) is 0 Å². The minimum absolute atomic E-state index is 0.146. The summed E-state index contributed by atoms with van der Waals surface area (Å²) in [7, 11) is 1.02. The van der Waals surface area contributed by atoms with Crippen LogP contribution in [0.25, 0.3) is 0 Å². The summed E-state index contributed by atoms with van der Waals surface area (Å²) in [5.74, 6) is 1.74.